The second-order valence-corrected chi connectivity index (χ2v) is 5.43. The highest BCUT2D eigenvalue weighted by Crippen LogP contribution is 2.27. The highest BCUT2D eigenvalue weighted by molar-refractivity contribution is 9.10. The van der Waals surface area contributed by atoms with Gasteiger partial charge in [-0.1, -0.05) is 39.7 Å². The quantitative estimate of drug-likeness (QED) is 0.633. The van der Waals surface area contributed by atoms with Crippen LogP contribution in [0.4, 0.5) is 0 Å². The summed E-state index contributed by atoms with van der Waals surface area (Å²) in [6.45, 7) is 2.05. The molecule has 0 saturated carbocycles. The van der Waals surface area contributed by atoms with E-state index >= 15 is 0 Å². The molecule has 0 radical (unpaired) electrons. The minimum absolute atomic E-state index is 0.670. The van der Waals surface area contributed by atoms with Crippen LogP contribution in [0.3, 0.4) is 0 Å². The number of nitrogens with zero attached hydrogens (tertiary/aromatic N) is 2. The highest BCUT2D eigenvalue weighted by Gasteiger charge is 2.11. The zero-order valence-corrected chi connectivity index (χ0v) is 12.0. The van der Waals surface area contributed by atoms with Gasteiger partial charge in [-0.2, -0.15) is 0 Å². The molecule has 2 heterocycles. The van der Waals surface area contributed by atoms with Gasteiger partial charge in [0, 0.05) is 21.9 Å². The van der Waals surface area contributed by atoms with Crippen LogP contribution in [-0.2, 0) is 0 Å². The second-order valence-electron chi connectivity index (χ2n) is 4.10. The molecule has 90 valence electrons. The fraction of sp³-hybridized carbons (Fsp3) is 0.0714. The van der Waals surface area contributed by atoms with Crippen molar-refractivity contribution >= 4 is 33.2 Å². The summed E-state index contributed by atoms with van der Waals surface area (Å²) in [5, 5.41) is 0.670. The van der Waals surface area contributed by atoms with Gasteiger partial charge in [-0.05, 0) is 31.2 Å². The Morgan fingerprint density at radius 1 is 1.17 bits per heavy atom. The molecular formula is C14H10BrClN2. The third kappa shape index (κ3) is 1.84. The van der Waals surface area contributed by atoms with Gasteiger partial charge in [0.05, 0.1) is 10.7 Å². The minimum atomic E-state index is 0.670. The van der Waals surface area contributed by atoms with E-state index in [9.17, 15) is 0 Å². The number of hydrogen-bond donors (Lipinski definition) is 0. The van der Waals surface area contributed by atoms with E-state index in [-0.39, 0.29) is 0 Å². The van der Waals surface area contributed by atoms with Crippen LogP contribution in [0.1, 0.15) is 5.69 Å². The Kier molecular flexibility index (Phi) is 2.88. The van der Waals surface area contributed by atoms with Gasteiger partial charge in [-0.25, -0.2) is 4.98 Å². The van der Waals surface area contributed by atoms with E-state index < -0.39 is 0 Å². The second kappa shape index (κ2) is 4.41. The molecule has 0 N–H and O–H groups in total. The number of halogens is 2. The minimum Gasteiger partial charge on any atom is -0.302 e. The molecule has 0 saturated heterocycles. The molecule has 0 unspecified atom stereocenters. The van der Waals surface area contributed by atoms with E-state index in [0.29, 0.717) is 5.02 Å². The molecule has 4 heteroatoms. The Morgan fingerprint density at radius 2 is 1.89 bits per heavy atom. The standard InChI is InChI=1S/C14H10BrClN2/c1-9-13(10-4-6-11(15)7-5-10)17-14-12(16)3-2-8-18(9)14/h2-8H,1H3. The van der Waals surface area contributed by atoms with E-state index in [4.69, 9.17) is 11.6 Å². The summed E-state index contributed by atoms with van der Waals surface area (Å²) in [6.07, 6.45) is 1.98. The third-order valence-corrected chi connectivity index (χ3v) is 3.78. The number of aromatic nitrogens is 2. The fourth-order valence-corrected chi connectivity index (χ4v) is 2.50. The zero-order valence-electron chi connectivity index (χ0n) is 9.69. The van der Waals surface area contributed by atoms with Crippen molar-refractivity contribution < 1.29 is 0 Å². The van der Waals surface area contributed by atoms with Gasteiger partial charge >= 0.3 is 0 Å². The van der Waals surface area contributed by atoms with E-state index in [1.54, 1.807) is 0 Å². The molecule has 18 heavy (non-hydrogen) atoms. The molecule has 2 nitrogen and oxygen atoms in total. The number of fused-ring (bicyclic) bond motifs is 1. The van der Waals surface area contributed by atoms with Gasteiger partial charge in [0.15, 0.2) is 5.65 Å². The summed E-state index contributed by atoms with van der Waals surface area (Å²) in [7, 11) is 0. The number of hydrogen-bond acceptors (Lipinski definition) is 1. The molecule has 0 fully saturated rings. The average molecular weight is 322 g/mol. The van der Waals surface area contributed by atoms with Crippen molar-refractivity contribution in [1.29, 1.82) is 0 Å². The summed E-state index contributed by atoms with van der Waals surface area (Å²) in [5.74, 6) is 0. The topological polar surface area (TPSA) is 17.3 Å². The van der Waals surface area contributed by atoms with E-state index in [0.717, 1.165) is 27.1 Å². The molecule has 0 aliphatic heterocycles. The van der Waals surface area contributed by atoms with Crippen LogP contribution in [0.2, 0.25) is 5.02 Å². The Labute approximate surface area is 118 Å². The SMILES string of the molecule is Cc1c(-c2ccc(Br)cc2)nc2c(Cl)cccn12. The Balaban J connectivity index is 2.27. The number of aryl methyl sites for hydroxylation is 1. The summed E-state index contributed by atoms with van der Waals surface area (Å²) >= 11 is 9.60. The average Bonchev–Trinajstić information content (AvgIpc) is 2.70. The van der Waals surface area contributed by atoms with Crippen molar-refractivity contribution in [1.82, 2.24) is 9.38 Å². The lowest BCUT2D eigenvalue weighted by atomic mass is 10.1. The molecule has 2 aromatic heterocycles. The monoisotopic (exact) mass is 320 g/mol. The first-order valence-electron chi connectivity index (χ1n) is 5.56. The summed E-state index contributed by atoms with van der Waals surface area (Å²) in [5.41, 5.74) is 3.95. The normalized spacial score (nSPS) is 11.1. The predicted molar refractivity (Wildman–Crippen MR) is 78.1 cm³/mol. The van der Waals surface area contributed by atoms with Crippen LogP contribution in [0, 0.1) is 6.92 Å². The van der Waals surface area contributed by atoms with E-state index in [1.165, 1.54) is 0 Å². The van der Waals surface area contributed by atoms with Crippen molar-refractivity contribution in [2.75, 3.05) is 0 Å². The van der Waals surface area contributed by atoms with Crippen LogP contribution in [0.5, 0.6) is 0 Å². The highest BCUT2D eigenvalue weighted by atomic mass is 79.9. The first kappa shape index (κ1) is 11.8. The first-order valence-corrected chi connectivity index (χ1v) is 6.73. The van der Waals surface area contributed by atoms with Crippen LogP contribution >= 0.6 is 27.5 Å². The predicted octanol–water partition coefficient (Wildman–Crippen LogP) is 4.73. The molecule has 3 rings (SSSR count). The Hall–Kier alpha value is -1.32. The van der Waals surface area contributed by atoms with Gasteiger partial charge in [-0.3, -0.25) is 0 Å². The van der Waals surface area contributed by atoms with Crippen molar-refractivity contribution in [3.63, 3.8) is 0 Å². The molecule has 3 aromatic rings. The van der Waals surface area contributed by atoms with Gasteiger partial charge in [0.25, 0.3) is 0 Å². The third-order valence-electron chi connectivity index (χ3n) is 2.96. The summed E-state index contributed by atoms with van der Waals surface area (Å²) in [4.78, 5) is 4.63. The number of benzene rings is 1. The molecule has 0 aliphatic rings. The van der Waals surface area contributed by atoms with Crippen molar-refractivity contribution in [2.24, 2.45) is 0 Å². The molecule has 0 spiro atoms. The smallest absolute Gasteiger partial charge is 0.156 e. The van der Waals surface area contributed by atoms with Gasteiger partial charge in [0.1, 0.15) is 0 Å². The maximum absolute atomic E-state index is 6.16. The molecular weight excluding hydrogens is 312 g/mol. The summed E-state index contributed by atoms with van der Waals surface area (Å²) < 4.78 is 3.07. The summed E-state index contributed by atoms with van der Waals surface area (Å²) in [6, 6.07) is 11.9. The lowest BCUT2D eigenvalue weighted by molar-refractivity contribution is 1.11. The van der Waals surface area contributed by atoms with Crippen LogP contribution in [0.15, 0.2) is 47.1 Å². The zero-order chi connectivity index (χ0) is 12.7. The van der Waals surface area contributed by atoms with Crippen LogP contribution in [0.25, 0.3) is 16.9 Å². The Morgan fingerprint density at radius 3 is 2.56 bits per heavy atom. The largest absolute Gasteiger partial charge is 0.302 e. The van der Waals surface area contributed by atoms with E-state index in [2.05, 4.69) is 20.9 Å². The molecule has 0 amide bonds. The van der Waals surface area contributed by atoms with Crippen LogP contribution in [-0.4, -0.2) is 9.38 Å². The van der Waals surface area contributed by atoms with Crippen molar-refractivity contribution in [3.8, 4) is 11.3 Å². The molecule has 0 bridgehead atoms. The molecule has 0 atom stereocenters. The Bertz CT molecular complexity index is 716. The van der Waals surface area contributed by atoms with Gasteiger partial charge in [0.2, 0.25) is 0 Å². The maximum atomic E-state index is 6.16. The van der Waals surface area contributed by atoms with Crippen molar-refractivity contribution in [2.45, 2.75) is 6.92 Å². The number of imidazole rings is 1. The van der Waals surface area contributed by atoms with Crippen molar-refractivity contribution in [3.05, 3.63) is 57.8 Å². The van der Waals surface area contributed by atoms with Crippen LogP contribution < -0.4 is 0 Å². The maximum Gasteiger partial charge on any atom is 0.156 e. The molecule has 0 aliphatic carbocycles. The lowest BCUT2D eigenvalue weighted by Gasteiger charge is -1.99. The number of pyridine rings is 1. The molecule has 1 aromatic carbocycles. The van der Waals surface area contributed by atoms with Gasteiger partial charge in [-0.15, -0.1) is 0 Å². The first-order chi connectivity index (χ1) is 8.66. The van der Waals surface area contributed by atoms with E-state index in [1.807, 2.05) is 53.9 Å². The van der Waals surface area contributed by atoms with Gasteiger partial charge < -0.3 is 4.40 Å². The lowest BCUT2D eigenvalue weighted by Crippen LogP contribution is -1.86. The fourth-order valence-electron chi connectivity index (χ4n) is 2.03. The number of rotatable bonds is 1.